The molecule has 4 rings (SSSR count). The number of thiophene rings is 1. The Morgan fingerprint density at radius 3 is 2.67 bits per heavy atom. The van der Waals surface area contributed by atoms with Crippen molar-refractivity contribution in [3.63, 3.8) is 0 Å². The van der Waals surface area contributed by atoms with Gasteiger partial charge in [-0.3, -0.25) is 9.78 Å². The van der Waals surface area contributed by atoms with Crippen LogP contribution in [0.3, 0.4) is 0 Å². The van der Waals surface area contributed by atoms with E-state index in [0.29, 0.717) is 22.9 Å². The van der Waals surface area contributed by atoms with Crippen LogP contribution in [-0.4, -0.2) is 25.9 Å². The van der Waals surface area contributed by atoms with Crippen LogP contribution in [0, 0.1) is 0 Å². The number of carbonyl (C=O) groups excluding carboxylic acids is 1. The second-order valence-electron chi connectivity index (χ2n) is 5.65. The van der Waals surface area contributed by atoms with E-state index < -0.39 is 0 Å². The molecular weight excluding hydrogens is 382 g/mol. The van der Waals surface area contributed by atoms with Gasteiger partial charge in [-0.05, 0) is 35.7 Å². The number of para-hydroxylation sites is 1. The Morgan fingerprint density at radius 2 is 1.93 bits per heavy atom. The lowest BCUT2D eigenvalue weighted by molar-refractivity contribution is 0.0947. The Labute approximate surface area is 164 Å². The summed E-state index contributed by atoms with van der Waals surface area (Å²) < 4.78 is 1.58. The zero-order valence-electron chi connectivity index (χ0n) is 14.0. The Balaban J connectivity index is 1.76. The van der Waals surface area contributed by atoms with Crippen molar-refractivity contribution in [2.45, 2.75) is 6.54 Å². The van der Waals surface area contributed by atoms with Crippen LogP contribution in [0.2, 0.25) is 5.02 Å². The van der Waals surface area contributed by atoms with Crippen LogP contribution in [0.15, 0.2) is 66.3 Å². The molecule has 0 atom stereocenters. The standard InChI is InChI=1S/C19H14ClN5OS/c20-15-5-1-2-6-16(15)25-18(13-7-9-21-10-8-13)17(23-24-25)19(26)22-12-14-4-3-11-27-14/h1-11H,12H2,(H,22,26). The molecule has 0 saturated heterocycles. The maximum Gasteiger partial charge on any atom is 0.274 e. The fourth-order valence-electron chi connectivity index (χ4n) is 2.66. The summed E-state index contributed by atoms with van der Waals surface area (Å²) in [7, 11) is 0. The molecule has 4 aromatic rings. The molecule has 6 nitrogen and oxygen atoms in total. The molecule has 134 valence electrons. The van der Waals surface area contributed by atoms with Gasteiger partial charge in [-0.15, -0.1) is 16.4 Å². The number of halogens is 1. The minimum Gasteiger partial charge on any atom is -0.346 e. The summed E-state index contributed by atoms with van der Waals surface area (Å²) >= 11 is 7.92. The Kier molecular flexibility index (Phi) is 4.95. The molecule has 0 aliphatic rings. The van der Waals surface area contributed by atoms with Crippen molar-refractivity contribution in [2.75, 3.05) is 0 Å². The van der Waals surface area contributed by atoms with Gasteiger partial charge in [-0.2, -0.15) is 0 Å². The monoisotopic (exact) mass is 395 g/mol. The number of nitrogens with zero attached hydrogens (tertiary/aromatic N) is 4. The summed E-state index contributed by atoms with van der Waals surface area (Å²) in [5.74, 6) is -0.298. The largest absolute Gasteiger partial charge is 0.346 e. The molecule has 27 heavy (non-hydrogen) atoms. The van der Waals surface area contributed by atoms with Crippen LogP contribution < -0.4 is 5.32 Å². The average molecular weight is 396 g/mol. The first kappa shape index (κ1) is 17.4. The molecule has 0 bridgehead atoms. The molecule has 1 aromatic carbocycles. The predicted molar refractivity (Wildman–Crippen MR) is 105 cm³/mol. The maximum atomic E-state index is 12.8. The van der Waals surface area contributed by atoms with E-state index in [1.807, 2.05) is 47.8 Å². The first-order chi connectivity index (χ1) is 13.2. The molecule has 1 N–H and O–H groups in total. The minimum atomic E-state index is -0.298. The molecule has 0 aliphatic carbocycles. The lowest BCUT2D eigenvalue weighted by atomic mass is 10.1. The number of rotatable bonds is 5. The molecule has 3 aromatic heterocycles. The summed E-state index contributed by atoms with van der Waals surface area (Å²) in [6.07, 6.45) is 3.32. The molecular formula is C19H14ClN5OS. The van der Waals surface area contributed by atoms with Crippen LogP contribution in [0.1, 0.15) is 15.4 Å². The quantitative estimate of drug-likeness (QED) is 0.554. The number of nitrogens with one attached hydrogen (secondary N) is 1. The molecule has 0 unspecified atom stereocenters. The number of aromatic nitrogens is 4. The third kappa shape index (κ3) is 3.60. The van der Waals surface area contributed by atoms with E-state index in [9.17, 15) is 4.79 Å². The van der Waals surface area contributed by atoms with E-state index in [4.69, 9.17) is 11.6 Å². The molecule has 1 amide bonds. The second-order valence-corrected chi connectivity index (χ2v) is 7.09. The van der Waals surface area contributed by atoms with Crippen LogP contribution in [-0.2, 0) is 6.54 Å². The molecule has 0 aliphatic heterocycles. The van der Waals surface area contributed by atoms with Crippen molar-refractivity contribution in [1.82, 2.24) is 25.3 Å². The van der Waals surface area contributed by atoms with Gasteiger partial charge in [-0.25, -0.2) is 4.68 Å². The van der Waals surface area contributed by atoms with Crippen LogP contribution in [0.25, 0.3) is 16.9 Å². The van der Waals surface area contributed by atoms with Crippen molar-refractivity contribution in [3.05, 3.63) is 81.9 Å². The third-order valence-electron chi connectivity index (χ3n) is 3.92. The van der Waals surface area contributed by atoms with E-state index in [1.165, 1.54) is 0 Å². The van der Waals surface area contributed by atoms with Crippen LogP contribution in [0.5, 0.6) is 0 Å². The first-order valence-electron chi connectivity index (χ1n) is 8.15. The van der Waals surface area contributed by atoms with Crippen LogP contribution >= 0.6 is 22.9 Å². The highest BCUT2D eigenvalue weighted by molar-refractivity contribution is 7.09. The van der Waals surface area contributed by atoms with Gasteiger partial charge in [0.25, 0.3) is 5.91 Å². The normalized spacial score (nSPS) is 10.7. The summed E-state index contributed by atoms with van der Waals surface area (Å²) in [5, 5.41) is 13.7. The van der Waals surface area contributed by atoms with Gasteiger partial charge in [0.05, 0.1) is 17.3 Å². The SMILES string of the molecule is O=C(NCc1cccs1)c1nnn(-c2ccccc2Cl)c1-c1ccncc1. The molecule has 0 saturated carbocycles. The van der Waals surface area contributed by atoms with E-state index >= 15 is 0 Å². The zero-order valence-corrected chi connectivity index (χ0v) is 15.6. The Bertz CT molecular complexity index is 1060. The minimum absolute atomic E-state index is 0.234. The number of benzene rings is 1. The Morgan fingerprint density at radius 1 is 1.11 bits per heavy atom. The number of hydrogen-bond acceptors (Lipinski definition) is 5. The van der Waals surface area contributed by atoms with Gasteiger partial charge in [0, 0.05) is 22.8 Å². The number of hydrogen-bond donors (Lipinski definition) is 1. The van der Waals surface area contributed by atoms with Gasteiger partial charge in [0.1, 0.15) is 5.69 Å². The van der Waals surface area contributed by atoms with Gasteiger partial charge in [0.15, 0.2) is 5.69 Å². The highest BCUT2D eigenvalue weighted by atomic mass is 35.5. The van der Waals surface area contributed by atoms with Crippen molar-refractivity contribution in [3.8, 4) is 16.9 Å². The van der Waals surface area contributed by atoms with E-state index in [-0.39, 0.29) is 11.6 Å². The predicted octanol–water partition coefficient (Wildman–Crippen LogP) is 3.97. The van der Waals surface area contributed by atoms with Crippen molar-refractivity contribution < 1.29 is 4.79 Å². The van der Waals surface area contributed by atoms with Gasteiger partial charge in [-0.1, -0.05) is 35.0 Å². The van der Waals surface area contributed by atoms with Crippen molar-refractivity contribution in [2.24, 2.45) is 0 Å². The number of carbonyl (C=O) groups is 1. The fraction of sp³-hybridized carbons (Fsp3) is 0.0526. The maximum absolute atomic E-state index is 12.8. The van der Waals surface area contributed by atoms with Gasteiger partial charge in [0.2, 0.25) is 0 Å². The molecule has 8 heteroatoms. The molecule has 0 spiro atoms. The van der Waals surface area contributed by atoms with Crippen molar-refractivity contribution in [1.29, 1.82) is 0 Å². The average Bonchev–Trinajstić information content (AvgIpc) is 3.37. The topological polar surface area (TPSA) is 72.7 Å². The summed E-state index contributed by atoms with van der Waals surface area (Å²) in [5.41, 5.74) is 2.22. The van der Waals surface area contributed by atoms with Crippen molar-refractivity contribution >= 4 is 28.8 Å². The number of amides is 1. The second kappa shape index (κ2) is 7.69. The molecule has 3 heterocycles. The van der Waals surface area contributed by atoms with E-state index in [2.05, 4.69) is 20.6 Å². The smallest absolute Gasteiger partial charge is 0.274 e. The highest BCUT2D eigenvalue weighted by Gasteiger charge is 2.23. The lowest BCUT2D eigenvalue weighted by Crippen LogP contribution is -2.23. The third-order valence-corrected chi connectivity index (χ3v) is 5.12. The lowest BCUT2D eigenvalue weighted by Gasteiger charge is -2.09. The summed E-state index contributed by atoms with van der Waals surface area (Å²) in [6, 6.07) is 14.8. The van der Waals surface area contributed by atoms with Gasteiger partial charge >= 0.3 is 0 Å². The van der Waals surface area contributed by atoms with Gasteiger partial charge < -0.3 is 5.32 Å². The van der Waals surface area contributed by atoms with E-state index in [0.717, 1.165) is 10.4 Å². The highest BCUT2D eigenvalue weighted by Crippen LogP contribution is 2.28. The number of pyridine rings is 1. The molecule has 0 radical (unpaired) electrons. The Hall–Kier alpha value is -3.03. The fourth-order valence-corrected chi connectivity index (χ4v) is 3.52. The van der Waals surface area contributed by atoms with Crippen LogP contribution in [0.4, 0.5) is 0 Å². The zero-order chi connectivity index (χ0) is 18.6. The first-order valence-corrected chi connectivity index (χ1v) is 9.41. The van der Waals surface area contributed by atoms with E-state index in [1.54, 1.807) is 34.5 Å². The summed E-state index contributed by atoms with van der Waals surface area (Å²) in [4.78, 5) is 17.9. The summed E-state index contributed by atoms with van der Waals surface area (Å²) in [6.45, 7) is 0.436. The molecule has 0 fully saturated rings.